The van der Waals surface area contributed by atoms with E-state index in [0.29, 0.717) is 18.1 Å². The van der Waals surface area contributed by atoms with Crippen molar-refractivity contribution >= 4 is 11.6 Å². The fraction of sp³-hybridized carbons (Fsp3) is 1.00. The van der Waals surface area contributed by atoms with Gasteiger partial charge in [0.2, 0.25) is 0 Å². The number of fused-ring (bicyclic) bond motifs is 1. The van der Waals surface area contributed by atoms with Crippen LogP contribution in [0.5, 0.6) is 0 Å². The van der Waals surface area contributed by atoms with E-state index in [1.807, 2.05) is 0 Å². The summed E-state index contributed by atoms with van der Waals surface area (Å²) < 4.78 is 11.1. The molecule has 2 unspecified atom stereocenters. The number of halogens is 1. The number of hydrogen-bond donors (Lipinski definition) is 0. The minimum Gasteiger partial charge on any atom is -0.345 e. The van der Waals surface area contributed by atoms with E-state index in [1.165, 1.54) is 12.8 Å². The molecule has 1 saturated carbocycles. The van der Waals surface area contributed by atoms with Crippen LogP contribution in [0.25, 0.3) is 0 Å². The van der Waals surface area contributed by atoms with Crippen molar-refractivity contribution in [3.05, 3.63) is 0 Å². The predicted molar refractivity (Wildman–Crippen MR) is 42.7 cm³/mol. The van der Waals surface area contributed by atoms with E-state index in [-0.39, 0.29) is 6.29 Å². The SMILES string of the molecule is ClCC1OC2CCCCC2O1. The third kappa shape index (κ3) is 1.53. The van der Waals surface area contributed by atoms with Crippen LogP contribution < -0.4 is 0 Å². The molecule has 0 aromatic carbocycles. The predicted octanol–water partition coefficient (Wildman–Crippen LogP) is 1.91. The molecule has 3 heteroatoms. The first-order valence-electron chi connectivity index (χ1n) is 4.27. The van der Waals surface area contributed by atoms with E-state index < -0.39 is 0 Å². The molecule has 1 heterocycles. The molecule has 2 nitrogen and oxygen atoms in total. The van der Waals surface area contributed by atoms with Crippen LogP contribution in [0.4, 0.5) is 0 Å². The Bertz CT molecular complexity index is 126. The van der Waals surface area contributed by atoms with E-state index in [1.54, 1.807) is 0 Å². The molecule has 1 aliphatic carbocycles. The van der Waals surface area contributed by atoms with Gasteiger partial charge in [0.25, 0.3) is 0 Å². The molecule has 2 atom stereocenters. The maximum Gasteiger partial charge on any atom is 0.171 e. The van der Waals surface area contributed by atoms with Crippen molar-refractivity contribution in [2.24, 2.45) is 0 Å². The van der Waals surface area contributed by atoms with Gasteiger partial charge in [-0.2, -0.15) is 0 Å². The Kier molecular flexibility index (Phi) is 2.35. The summed E-state index contributed by atoms with van der Waals surface area (Å²) in [5, 5.41) is 0. The number of ether oxygens (including phenoxy) is 2. The minimum absolute atomic E-state index is 0.134. The fourth-order valence-electron chi connectivity index (χ4n) is 1.87. The van der Waals surface area contributed by atoms with Gasteiger partial charge in [-0.05, 0) is 12.8 Å². The van der Waals surface area contributed by atoms with Gasteiger partial charge in [-0.1, -0.05) is 12.8 Å². The molecule has 0 bridgehead atoms. The molecule has 1 aliphatic heterocycles. The second-order valence-electron chi connectivity index (χ2n) is 3.22. The van der Waals surface area contributed by atoms with Gasteiger partial charge >= 0.3 is 0 Å². The highest BCUT2D eigenvalue weighted by Crippen LogP contribution is 2.31. The van der Waals surface area contributed by atoms with Gasteiger partial charge in [-0.3, -0.25) is 0 Å². The quantitative estimate of drug-likeness (QED) is 0.569. The van der Waals surface area contributed by atoms with Crippen molar-refractivity contribution < 1.29 is 9.47 Å². The first kappa shape index (κ1) is 7.84. The summed E-state index contributed by atoms with van der Waals surface area (Å²) in [6.07, 6.45) is 5.40. The summed E-state index contributed by atoms with van der Waals surface area (Å²) in [6.45, 7) is 0. The standard InChI is InChI=1S/C8H13ClO2/c9-5-8-10-6-3-1-2-4-7(6)11-8/h6-8H,1-5H2. The monoisotopic (exact) mass is 176 g/mol. The third-order valence-corrected chi connectivity index (χ3v) is 2.67. The molecule has 2 aliphatic rings. The Morgan fingerprint density at radius 1 is 1.09 bits per heavy atom. The molecule has 1 saturated heterocycles. The Morgan fingerprint density at radius 2 is 1.64 bits per heavy atom. The Hall–Kier alpha value is 0.210. The average Bonchev–Trinajstić information content (AvgIpc) is 2.46. The molecule has 11 heavy (non-hydrogen) atoms. The first-order chi connectivity index (χ1) is 5.40. The molecule has 0 aromatic heterocycles. The van der Waals surface area contributed by atoms with Crippen LogP contribution in [0.1, 0.15) is 25.7 Å². The molecule has 0 amide bonds. The maximum atomic E-state index is 5.62. The molecule has 64 valence electrons. The summed E-state index contributed by atoms with van der Waals surface area (Å²) in [4.78, 5) is 0. The number of rotatable bonds is 1. The van der Waals surface area contributed by atoms with E-state index in [0.717, 1.165) is 12.8 Å². The van der Waals surface area contributed by atoms with Crippen molar-refractivity contribution in [1.29, 1.82) is 0 Å². The highest BCUT2D eigenvalue weighted by atomic mass is 35.5. The molecule has 2 fully saturated rings. The third-order valence-electron chi connectivity index (χ3n) is 2.42. The van der Waals surface area contributed by atoms with Crippen molar-refractivity contribution in [1.82, 2.24) is 0 Å². The van der Waals surface area contributed by atoms with Gasteiger partial charge in [0, 0.05) is 0 Å². The maximum absolute atomic E-state index is 5.62. The lowest BCUT2D eigenvalue weighted by atomic mass is 9.95. The lowest BCUT2D eigenvalue weighted by molar-refractivity contribution is -0.0471. The lowest BCUT2D eigenvalue weighted by Crippen LogP contribution is -2.25. The average molecular weight is 177 g/mol. The van der Waals surface area contributed by atoms with Crippen LogP contribution in [-0.4, -0.2) is 24.4 Å². The first-order valence-corrected chi connectivity index (χ1v) is 4.80. The second kappa shape index (κ2) is 3.30. The molecular weight excluding hydrogens is 164 g/mol. The van der Waals surface area contributed by atoms with Gasteiger partial charge < -0.3 is 9.47 Å². The zero-order valence-electron chi connectivity index (χ0n) is 6.46. The van der Waals surface area contributed by atoms with Crippen LogP contribution in [0.3, 0.4) is 0 Å². The van der Waals surface area contributed by atoms with Crippen molar-refractivity contribution in [2.75, 3.05) is 5.88 Å². The zero-order valence-corrected chi connectivity index (χ0v) is 7.22. The molecule has 0 aromatic rings. The number of alkyl halides is 1. The largest absolute Gasteiger partial charge is 0.345 e. The van der Waals surface area contributed by atoms with Gasteiger partial charge in [0.15, 0.2) is 6.29 Å². The topological polar surface area (TPSA) is 18.5 Å². The summed E-state index contributed by atoms with van der Waals surface area (Å²) in [5.74, 6) is 0.465. The Labute approximate surface area is 71.8 Å². The zero-order chi connectivity index (χ0) is 7.68. The fourth-order valence-corrected chi connectivity index (χ4v) is 2.01. The summed E-state index contributed by atoms with van der Waals surface area (Å²) in [5.41, 5.74) is 0. The van der Waals surface area contributed by atoms with Crippen LogP contribution in [0.15, 0.2) is 0 Å². The van der Waals surface area contributed by atoms with Crippen LogP contribution >= 0.6 is 11.6 Å². The highest BCUT2D eigenvalue weighted by molar-refractivity contribution is 6.18. The van der Waals surface area contributed by atoms with E-state index >= 15 is 0 Å². The minimum atomic E-state index is -0.134. The van der Waals surface area contributed by atoms with Crippen molar-refractivity contribution in [3.63, 3.8) is 0 Å². The molecule has 0 radical (unpaired) electrons. The number of hydrogen-bond acceptors (Lipinski definition) is 2. The van der Waals surface area contributed by atoms with Gasteiger partial charge in [0.1, 0.15) is 0 Å². The van der Waals surface area contributed by atoms with Gasteiger partial charge in [-0.15, -0.1) is 11.6 Å². The van der Waals surface area contributed by atoms with Gasteiger partial charge in [-0.25, -0.2) is 0 Å². The normalized spacial score (nSPS) is 43.9. The van der Waals surface area contributed by atoms with Crippen molar-refractivity contribution in [2.45, 2.75) is 44.2 Å². The summed E-state index contributed by atoms with van der Waals surface area (Å²) in [6, 6.07) is 0. The Morgan fingerprint density at radius 3 is 2.09 bits per heavy atom. The van der Waals surface area contributed by atoms with E-state index in [4.69, 9.17) is 21.1 Å². The highest BCUT2D eigenvalue weighted by Gasteiger charge is 2.36. The smallest absolute Gasteiger partial charge is 0.171 e. The lowest BCUT2D eigenvalue weighted by Gasteiger charge is -2.21. The Balaban J connectivity index is 1.92. The van der Waals surface area contributed by atoms with E-state index in [9.17, 15) is 0 Å². The second-order valence-corrected chi connectivity index (χ2v) is 3.53. The van der Waals surface area contributed by atoms with Crippen molar-refractivity contribution in [3.8, 4) is 0 Å². The van der Waals surface area contributed by atoms with Gasteiger partial charge in [0.05, 0.1) is 18.1 Å². The molecule has 2 rings (SSSR count). The van der Waals surface area contributed by atoms with Crippen LogP contribution in [-0.2, 0) is 9.47 Å². The van der Waals surface area contributed by atoms with Crippen LogP contribution in [0.2, 0.25) is 0 Å². The molecular formula is C8H13ClO2. The molecule has 0 N–H and O–H groups in total. The summed E-state index contributed by atoms with van der Waals surface area (Å²) in [7, 11) is 0. The molecule has 0 spiro atoms. The van der Waals surface area contributed by atoms with E-state index in [2.05, 4.69) is 0 Å². The van der Waals surface area contributed by atoms with Crippen LogP contribution in [0, 0.1) is 0 Å². The summed E-state index contributed by atoms with van der Waals surface area (Å²) >= 11 is 5.62.